The average molecular weight is 505 g/mol. The molecule has 1 aromatic heterocycles. The van der Waals surface area contributed by atoms with Crippen LogP contribution >= 0.6 is 15.9 Å². The number of aryl methyl sites for hydroxylation is 1. The molecule has 2 bridgehead atoms. The highest BCUT2D eigenvalue weighted by Gasteiger charge is 2.49. The molecule has 33 heavy (non-hydrogen) atoms. The summed E-state index contributed by atoms with van der Waals surface area (Å²) in [6.45, 7) is 2.39. The van der Waals surface area contributed by atoms with Gasteiger partial charge in [-0.25, -0.2) is 14.2 Å². The Hall–Kier alpha value is -3.52. The number of halogens is 1. The largest absolute Gasteiger partial charge is 0.493 e. The Bertz CT molecular complexity index is 1500. The Kier molecular flexibility index (Phi) is 4.42. The van der Waals surface area contributed by atoms with Gasteiger partial charge in [0.25, 0.3) is 0 Å². The molecule has 1 saturated heterocycles. The zero-order chi connectivity index (χ0) is 22.9. The summed E-state index contributed by atoms with van der Waals surface area (Å²) in [5, 5.41) is 16.0. The Labute approximate surface area is 198 Å². The number of carbonyl (C=O) groups excluding carboxylic acids is 1. The van der Waals surface area contributed by atoms with E-state index in [9.17, 15) is 14.7 Å². The minimum absolute atomic E-state index is 0.0964. The maximum atomic E-state index is 13.4. The van der Waals surface area contributed by atoms with Gasteiger partial charge < -0.3 is 15.3 Å². The summed E-state index contributed by atoms with van der Waals surface area (Å²) >= 11 is 3.47. The fourth-order valence-corrected chi connectivity index (χ4v) is 5.46. The first kappa shape index (κ1) is 20.1. The second-order valence-corrected chi connectivity index (χ2v) is 9.50. The number of fused-ring (bicyclic) bond motifs is 6. The van der Waals surface area contributed by atoms with E-state index < -0.39 is 0 Å². The monoisotopic (exact) mass is 504 g/mol. The van der Waals surface area contributed by atoms with Crippen molar-refractivity contribution in [3.05, 3.63) is 86.9 Å². The summed E-state index contributed by atoms with van der Waals surface area (Å²) < 4.78 is 4.01. The van der Waals surface area contributed by atoms with Crippen LogP contribution < -0.4 is 11.0 Å². The molecule has 2 atom stereocenters. The van der Waals surface area contributed by atoms with Crippen LogP contribution in [-0.2, 0) is 0 Å². The van der Waals surface area contributed by atoms with E-state index in [4.69, 9.17) is 0 Å². The van der Waals surface area contributed by atoms with Crippen LogP contribution in [0, 0.1) is 6.92 Å². The molecule has 1 fully saturated rings. The third-order valence-electron chi connectivity index (χ3n) is 6.74. The molecule has 0 spiro atoms. The van der Waals surface area contributed by atoms with Gasteiger partial charge in [0.15, 0.2) is 0 Å². The first-order valence-corrected chi connectivity index (χ1v) is 11.6. The van der Waals surface area contributed by atoms with E-state index in [1.54, 1.807) is 9.47 Å². The van der Waals surface area contributed by atoms with Crippen LogP contribution in [0.2, 0.25) is 0 Å². The highest BCUT2D eigenvalue weighted by Crippen LogP contribution is 2.49. The third kappa shape index (κ3) is 2.94. The van der Waals surface area contributed by atoms with Gasteiger partial charge in [-0.1, -0.05) is 52.3 Å². The maximum absolute atomic E-state index is 13.4. The predicted octanol–water partition coefficient (Wildman–Crippen LogP) is 5.10. The van der Waals surface area contributed by atoms with Crippen LogP contribution in [0.25, 0.3) is 16.5 Å². The number of nitrogens with zero attached hydrogens (tertiary/aromatic N) is 3. The van der Waals surface area contributed by atoms with Gasteiger partial charge in [0.1, 0.15) is 5.69 Å². The first-order valence-electron chi connectivity index (χ1n) is 10.8. The van der Waals surface area contributed by atoms with E-state index in [1.807, 2.05) is 67.6 Å². The van der Waals surface area contributed by atoms with E-state index in [2.05, 4.69) is 21.2 Å². The molecule has 4 aromatic rings. The lowest BCUT2D eigenvalue weighted by Gasteiger charge is -2.27. The lowest BCUT2D eigenvalue weighted by molar-refractivity contribution is 0.198. The second-order valence-electron chi connectivity index (χ2n) is 8.65. The number of benzene rings is 3. The van der Waals surface area contributed by atoms with Crippen molar-refractivity contribution in [2.45, 2.75) is 25.4 Å². The van der Waals surface area contributed by atoms with Crippen molar-refractivity contribution in [2.75, 3.05) is 11.9 Å². The van der Waals surface area contributed by atoms with E-state index in [1.165, 1.54) is 4.57 Å². The van der Waals surface area contributed by atoms with Gasteiger partial charge in [-0.3, -0.25) is 4.57 Å². The van der Waals surface area contributed by atoms with E-state index in [-0.39, 0.29) is 29.7 Å². The van der Waals surface area contributed by atoms with Crippen LogP contribution in [0.3, 0.4) is 0 Å². The van der Waals surface area contributed by atoms with Gasteiger partial charge in [-0.05, 0) is 48.6 Å². The van der Waals surface area contributed by atoms with Gasteiger partial charge >= 0.3 is 11.7 Å². The van der Waals surface area contributed by atoms with Crippen molar-refractivity contribution in [1.29, 1.82) is 0 Å². The molecule has 3 aromatic carbocycles. The number of imidazole rings is 1. The Morgan fingerprint density at radius 2 is 1.91 bits per heavy atom. The standard InChI is InChI=1S/C25H21BrN4O3/c1-14-11-16(9-10-19(14)26)27-24(32)28-13-17-12-21(28)22-23(31)30(25(33)29(17)22)20-8-4-6-15-5-2-3-7-18(15)20/h2-11,17,21,31H,12-13H2,1H3,(H,27,32)/t17-,21?/m1/s1. The molecule has 0 saturated carbocycles. The van der Waals surface area contributed by atoms with Crippen LogP contribution in [-0.4, -0.2) is 31.7 Å². The van der Waals surface area contributed by atoms with E-state index in [0.29, 0.717) is 30.0 Å². The minimum Gasteiger partial charge on any atom is -0.493 e. The fraction of sp³-hybridized carbons (Fsp3) is 0.200. The molecule has 7 nitrogen and oxygen atoms in total. The molecule has 0 aliphatic carbocycles. The predicted molar refractivity (Wildman–Crippen MR) is 130 cm³/mol. The van der Waals surface area contributed by atoms with Gasteiger partial charge in [-0.15, -0.1) is 0 Å². The molecule has 2 amide bonds. The molecule has 2 N–H and O–H groups in total. The van der Waals surface area contributed by atoms with E-state index in [0.717, 1.165) is 20.8 Å². The van der Waals surface area contributed by atoms with Crippen LogP contribution in [0.15, 0.2) is 69.9 Å². The molecular weight excluding hydrogens is 484 g/mol. The number of aromatic hydroxyl groups is 1. The Morgan fingerprint density at radius 1 is 1.12 bits per heavy atom. The van der Waals surface area contributed by atoms with Crippen molar-refractivity contribution < 1.29 is 9.90 Å². The highest BCUT2D eigenvalue weighted by atomic mass is 79.9. The quantitative estimate of drug-likeness (QED) is 0.398. The highest BCUT2D eigenvalue weighted by molar-refractivity contribution is 9.10. The lowest BCUT2D eigenvalue weighted by Crippen LogP contribution is -2.40. The molecule has 2 aliphatic rings. The van der Waals surface area contributed by atoms with Crippen molar-refractivity contribution in [2.24, 2.45) is 0 Å². The van der Waals surface area contributed by atoms with E-state index >= 15 is 0 Å². The number of likely N-dealkylation sites (tertiary alicyclic amines) is 1. The SMILES string of the molecule is Cc1cc(NC(=O)N2C[C@H]3CC2c2c(O)n(-c4cccc5ccccc45)c(=O)n23)ccc1Br. The molecular formula is C25H21BrN4O3. The average Bonchev–Trinajstić information content (AvgIpc) is 3.47. The zero-order valence-corrected chi connectivity index (χ0v) is 19.4. The van der Waals surface area contributed by atoms with Crippen molar-refractivity contribution in [1.82, 2.24) is 14.0 Å². The van der Waals surface area contributed by atoms with Gasteiger partial charge in [-0.2, -0.15) is 0 Å². The Balaban J connectivity index is 1.38. The number of aromatic nitrogens is 2. The molecule has 166 valence electrons. The topological polar surface area (TPSA) is 79.5 Å². The second kappa shape index (κ2) is 7.25. The Morgan fingerprint density at radius 3 is 2.73 bits per heavy atom. The molecule has 6 rings (SSSR count). The number of hydrogen-bond acceptors (Lipinski definition) is 3. The van der Waals surface area contributed by atoms with Crippen molar-refractivity contribution in [3.63, 3.8) is 0 Å². The third-order valence-corrected chi connectivity index (χ3v) is 7.62. The summed E-state index contributed by atoms with van der Waals surface area (Å²) in [4.78, 5) is 28.2. The summed E-state index contributed by atoms with van der Waals surface area (Å²) in [7, 11) is 0. The summed E-state index contributed by atoms with van der Waals surface area (Å²) in [6, 6.07) is 18.4. The van der Waals surface area contributed by atoms with Gasteiger partial charge in [0.2, 0.25) is 5.88 Å². The van der Waals surface area contributed by atoms with Gasteiger partial charge in [0, 0.05) is 22.1 Å². The first-order chi connectivity index (χ1) is 15.9. The number of anilines is 1. The normalized spacial score (nSPS) is 18.7. The number of hydrogen-bond donors (Lipinski definition) is 2. The summed E-state index contributed by atoms with van der Waals surface area (Å²) in [5.74, 6) is -0.0964. The summed E-state index contributed by atoms with van der Waals surface area (Å²) in [5.41, 5.74) is 2.60. The van der Waals surface area contributed by atoms with Crippen LogP contribution in [0.4, 0.5) is 10.5 Å². The maximum Gasteiger partial charge on any atom is 0.336 e. The zero-order valence-electron chi connectivity index (χ0n) is 17.8. The lowest BCUT2D eigenvalue weighted by atomic mass is 10.1. The smallest absolute Gasteiger partial charge is 0.336 e. The minimum atomic E-state index is -0.351. The van der Waals surface area contributed by atoms with Crippen LogP contribution in [0.1, 0.15) is 29.8 Å². The molecule has 2 aliphatic heterocycles. The van der Waals surface area contributed by atoms with Crippen LogP contribution in [0.5, 0.6) is 5.88 Å². The van der Waals surface area contributed by atoms with Gasteiger partial charge in [0.05, 0.1) is 17.8 Å². The number of carbonyl (C=O) groups is 1. The summed E-state index contributed by atoms with van der Waals surface area (Å²) in [6.07, 6.45) is 0.626. The molecule has 8 heteroatoms. The molecule has 0 radical (unpaired) electrons. The number of rotatable bonds is 2. The van der Waals surface area contributed by atoms with Crippen molar-refractivity contribution >= 4 is 38.4 Å². The number of urea groups is 1. The number of nitrogens with one attached hydrogen (secondary N) is 1. The fourth-order valence-electron chi connectivity index (χ4n) is 5.21. The van der Waals surface area contributed by atoms with Crippen molar-refractivity contribution in [3.8, 4) is 11.6 Å². The molecule has 1 unspecified atom stereocenters. The molecule has 3 heterocycles. The number of amides is 2.